The van der Waals surface area contributed by atoms with Gasteiger partial charge in [0.1, 0.15) is 0 Å². The average molecular weight is 367 g/mol. The zero-order valence-electron chi connectivity index (χ0n) is 19.3. The van der Waals surface area contributed by atoms with Gasteiger partial charge in [0.15, 0.2) is 0 Å². The van der Waals surface area contributed by atoms with Crippen LogP contribution in [-0.2, 0) is 0 Å². The molecule has 0 N–H and O–H groups in total. The Morgan fingerprint density at radius 2 is 0.692 bits per heavy atom. The van der Waals surface area contributed by atoms with Crippen molar-refractivity contribution in [2.24, 2.45) is 11.8 Å². The van der Waals surface area contributed by atoms with Crippen LogP contribution < -0.4 is 0 Å². The largest absolute Gasteiger partial charge is 0.0654 e. The standard InChI is InChI=1S/C26H54/c1-5-7-9-11-12-13-14-15-19-23-26(22-18-10-8-6-2)24-20-16-17-21-25(3)4/h25-26H,5-24H2,1-4H3. The van der Waals surface area contributed by atoms with E-state index in [0.29, 0.717) is 0 Å². The Morgan fingerprint density at radius 1 is 0.385 bits per heavy atom. The van der Waals surface area contributed by atoms with Gasteiger partial charge in [-0.2, -0.15) is 0 Å². The SMILES string of the molecule is CCCCCCCCCCCC(CCCCCC)CCCCCC(C)C. The van der Waals surface area contributed by atoms with E-state index in [0.717, 1.165) is 11.8 Å². The van der Waals surface area contributed by atoms with E-state index in [1.807, 2.05) is 0 Å². The lowest BCUT2D eigenvalue weighted by Crippen LogP contribution is -2.02. The normalized spacial score (nSPS) is 12.8. The third-order valence-corrected chi connectivity index (χ3v) is 6.08. The molecular weight excluding hydrogens is 312 g/mol. The number of hydrogen-bond donors (Lipinski definition) is 0. The highest BCUT2D eigenvalue weighted by Gasteiger charge is 2.08. The van der Waals surface area contributed by atoms with Gasteiger partial charge in [-0.1, -0.05) is 156 Å². The van der Waals surface area contributed by atoms with Crippen molar-refractivity contribution >= 4 is 0 Å². The fourth-order valence-corrected chi connectivity index (χ4v) is 4.20. The van der Waals surface area contributed by atoms with Gasteiger partial charge < -0.3 is 0 Å². The minimum Gasteiger partial charge on any atom is -0.0654 e. The van der Waals surface area contributed by atoms with Crippen LogP contribution in [0.15, 0.2) is 0 Å². The summed E-state index contributed by atoms with van der Waals surface area (Å²) in [7, 11) is 0. The third kappa shape index (κ3) is 20.3. The summed E-state index contributed by atoms with van der Waals surface area (Å²) in [5.41, 5.74) is 0. The summed E-state index contributed by atoms with van der Waals surface area (Å²) >= 11 is 0. The Labute approximate surface area is 168 Å². The molecule has 0 amide bonds. The third-order valence-electron chi connectivity index (χ3n) is 6.08. The quantitative estimate of drug-likeness (QED) is 0.177. The minimum atomic E-state index is 0.891. The smallest absolute Gasteiger partial charge is 0.0414 e. The number of hydrogen-bond acceptors (Lipinski definition) is 0. The van der Waals surface area contributed by atoms with Crippen LogP contribution in [0.3, 0.4) is 0 Å². The Kier molecular flexibility index (Phi) is 21.3. The maximum Gasteiger partial charge on any atom is -0.0414 e. The van der Waals surface area contributed by atoms with E-state index < -0.39 is 0 Å². The molecule has 0 nitrogen and oxygen atoms in total. The van der Waals surface area contributed by atoms with Crippen LogP contribution in [0.2, 0.25) is 0 Å². The fourth-order valence-electron chi connectivity index (χ4n) is 4.20. The minimum absolute atomic E-state index is 0.891. The van der Waals surface area contributed by atoms with Gasteiger partial charge in [-0.05, 0) is 11.8 Å². The Hall–Kier alpha value is 0. The van der Waals surface area contributed by atoms with E-state index in [9.17, 15) is 0 Å². The molecule has 1 unspecified atom stereocenters. The van der Waals surface area contributed by atoms with Crippen molar-refractivity contribution in [2.45, 2.75) is 156 Å². The molecule has 0 radical (unpaired) electrons. The highest BCUT2D eigenvalue weighted by molar-refractivity contribution is 4.62. The molecule has 0 bridgehead atoms. The molecule has 0 rings (SSSR count). The number of unbranched alkanes of at least 4 members (excludes halogenated alkanes) is 13. The van der Waals surface area contributed by atoms with Crippen molar-refractivity contribution in [1.82, 2.24) is 0 Å². The molecule has 0 aromatic rings. The second-order valence-corrected chi connectivity index (χ2v) is 9.36. The van der Waals surface area contributed by atoms with Gasteiger partial charge >= 0.3 is 0 Å². The van der Waals surface area contributed by atoms with E-state index in [1.165, 1.54) is 128 Å². The molecular formula is C26H54. The van der Waals surface area contributed by atoms with Crippen molar-refractivity contribution in [3.63, 3.8) is 0 Å². The van der Waals surface area contributed by atoms with Crippen molar-refractivity contribution in [2.75, 3.05) is 0 Å². The summed E-state index contributed by atoms with van der Waals surface area (Å²) in [4.78, 5) is 0. The van der Waals surface area contributed by atoms with Crippen LogP contribution in [0, 0.1) is 11.8 Å². The molecule has 0 heteroatoms. The number of rotatable bonds is 21. The van der Waals surface area contributed by atoms with Crippen molar-refractivity contribution in [3.8, 4) is 0 Å². The van der Waals surface area contributed by atoms with Crippen LogP contribution in [0.5, 0.6) is 0 Å². The highest BCUT2D eigenvalue weighted by atomic mass is 14.1. The van der Waals surface area contributed by atoms with Crippen molar-refractivity contribution in [1.29, 1.82) is 0 Å². The zero-order chi connectivity index (χ0) is 19.3. The Bertz CT molecular complexity index is 242. The predicted octanol–water partition coefficient (Wildman–Crippen LogP) is 10.1. The molecule has 0 saturated heterocycles. The molecule has 0 aliphatic rings. The van der Waals surface area contributed by atoms with Crippen LogP contribution >= 0.6 is 0 Å². The maximum absolute atomic E-state index is 2.36. The molecule has 0 aromatic carbocycles. The summed E-state index contributed by atoms with van der Waals surface area (Å²) < 4.78 is 0. The van der Waals surface area contributed by atoms with E-state index in [2.05, 4.69) is 27.7 Å². The van der Waals surface area contributed by atoms with Gasteiger partial charge in [0.2, 0.25) is 0 Å². The van der Waals surface area contributed by atoms with Gasteiger partial charge in [-0.15, -0.1) is 0 Å². The fraction of sp³-hybridized carbons (Fsp3) is 1.00. The maximum atomic E-state index is 2.36. The van der Waals surface area contributed by atoms with E-state index in [4.69, 9.17) is 0 Å². The molecule has 0 aromatic heterocycles. The first-order valence-corrected chi connectivity index (χ1v) is 12.7. The van der Waals surface area contributed by atoms with E-state index in [-0.39, 0.29) is 0 Å². The molecule has 0 spiro atoms. The first kappa shape index (κ1) is 26.0. The predicted molar refractivity (Wildman–Crippen MR) is 122 cm³/mol. The lowest BCUT2D eigenvalue weighted by molar-refractivity contribution is 0.364. The summed E-state index contributed by atoms with van der Waals surface area (Å²) in [6.45, 7) is 9.36. The Morgan fingerprint density at radius 3 is 1.12 bits per heavy atom. The lowest BCUT2D eigenvalue weighted by Gasteiger charge is -2.17. The lowest BCUT2D eigenvalue weighted by atomic mass is 9.89. The molecule has 0 fully saturated rings. The molecule has 0 aliphatic heterocycles. The van der Waals surface area contributed by atoms with Crippen LogP contribution in [-0.4, -0.2) is 0 Å². The zero-order valence-corrected chi connectivity index (χ0v) is 19.3. The summed E-state index contributed by atoms with van der Waals surface area (Å²) in [6.07, 6.45) is 29.4. The molecule has 0 aliphatic carbocycles. The summed E-state index contributed by atoms with van der Waals surface area (Å²) in [6, 6.07) is 0. The second kappa shape index (κ2) is 21.3. The second-order valence-electron chi connectivity index (χ2n) is 9.36. The summed E-state index contributed by atoms with van der Waals surface area (Å²) in [5.74, 6) is 1.93. The van der Waals surface area contributed by atoms with Gasteiger partial charge in [0.25, 0.3) is 0 Å². The molecule has 0 saturated carbocycles. The van der Waals surface area contributed by atoms with E-state index in [1.54, 1.807) is 0 Å². The van der Waals surface area contributed by atoms with Crippen LogP contribution in [0.1, 0.15) is 156 Å². The van der Waals surface area contributed by atoms with Crippen molar-refractivity contribution in [3.05, 3.63) is 0 Å². The van der Waals surface area contributed by atoms with E-state index >= 15 is 0 Å². The first-order chi connectivity index (χ1) is 12.7. The molecule has 158 valence electrons. The van der Waals surface area contributed by atoms with Gasteiger partial charge in [-0.3, -0.25) is 0 Å². The Balaban J connectivity index is 3.71. The first-order valence-electron chi connectivity index (χ1n) is 12.7. The average Bonchev–Trinajstić information content (AvgIpc) is 2.62. The van der Waals surface area contributed by atoms with Crippen molar-refractivity contribution < 1.29 is 0 Å². The highest BCUT2D eigenvalue weighted by Crippen LogP contribution is 2.24. The van der Waals surface area contributed by atoms with Crippen LogP contribution in [0.25, 0.3) is 0 Å². The van der Waals surface area contributed by atoms with Gasteiger partial charge in [0, 0.05) is 0 Å². The topological polar surface area (TPSA) is 0 Å². The van der Waals surface area contributed by atoms with Gasteiger partial charge in [-0.25, -0.2) is 0 Å². The summed E-state index contributed by atoms with van der Waals surface area (Å²) in [5, 5.41) is 0. The molecule has 26 heavy (non-hydrogen) atoms. The van der Waals surface area contributed by atoms with Crippen LogP contribution in [0.4, 0.5) is 0 Å². The molecule has 1 atom stereocenters. The molecule has 0 heterocycles. The van der Waals surface area contributed by atoms with Gasteiger partial charge in [0.05, 0.1) is 0 Å². The monoisotopic (exact) mass is 366 g/mol.